The Hall–Kier alpha value is -1.07. The van der Waals surface area contributed by atoms with Crippen molar-refractivity contribution in [1.82, 2.24) is 0 Å². The van der Waals surface area contributed by atoms with Gasteiger partial charge in [0.05, 0.1) is 0 Å². The summed E-state index contributed by atoms with van der Waals surface area (Å²) in [4.78, 5) is 30.3. The molecule has 22 heavy (non-hydrogen) atoms. The van der Waals surface area contributed by atoms with E-state index in [1.807, 2.05) is 13.0 Å². The molecule has 3 unspecified atom stereocenters. The van der Waals surface area contributed by atoms with Crippen LogP contribution in [0.15, 0.2) is 36.5 Å². The summed E-state index contributed by atoms with van der Waals surface area (Å²) in [5.74, 6) is 0. The minimum absolute atomic E-state index is 0.563. The molecule has 1 aromatic carbocycles. The molecule has 2 rings (SSSR count). The highest BCUT2D eigenvalue weighted by Crippen LogP contribution is 2.65. The van der Waals surface area contributed by atoms with Gasteiger partial charge in [-0.3, -0.25) is 4.57 Å². The van der Waals surface area contributed by atoms with Crippen molar-refractivity contribution >= 4 is 25.9 Å². The predicted molar refractivity (Wildman–Crippen MR) is 79.4 cm³/mol. The number of hydrogen-bond acceptors (Lipinski definition) is 4. The summed E-state index contributed by atoms with van der Waals surface area (Å²) < 4.78 is 24.6. The Kier molecular flexibility index (Phi) is 4.35. The van der Waals surface area contributed by atoms with Crippen LogP contribution in [0, 0.1) is 6.92 Å². The maximum atomic E-state index is 11.8. The Bertz CT molecular complexity index is 787. The van der Waals surface area contributed by atoms with Crippen molar-refractivity contribution < 1.29 is 33.5 Å². The zero-order valence-electron chi connectivity index (χ0n) is 12.1. The molecule has 0 radical (unpaired) electrons. The number of aliphatic hydroxyl groups is 1. The zero-order chi connectivity index (χ0) is 16.8. The quantitative estimate of drug-likeness (QED) is 0.549. The van der Waals surface area contributed by atoms with Crippen LogP contribution in [0.1, 0.15) is 5.56 Å². The first kappa shape index (κ1) is 17.3. The van der Waals surface area contributed by atoms with E-state index in [1.165, 1.54) is 10.8 Å². The normalized spacial score (nSPS) is 20.1. The molecule has 3 N–H and O–H groups in total. The van der Waals surface area contributed by atoms with E-state index in [0.717, 1.165) is 10.9 Å². The summed E-state index contributed by atoms with van der Waals surface area (Å²) in [7, 11) is -10.0. The molecular formula is C13H17NO6P2. The molecule has 3 atom stereocenters. The average molecular weight is 345 g/mol. The molecule has 1 aromatic heterocycles. The molecule has 0 spiro atoms. The largest absolute Gasteiger partial charge is 0.776 e. The fourth-order valence-electron chi connectivity index (χ4n) is 2.22. The third-order valence-electron chi connectivity index (χ3n) is 3.53. The second-order valence-electron chi connectivity index (χ2n) is 5.37. The van der Waals surface area contributed by atoms with Crippen molar-refractivity contribution in [2.75, 3.05) is 6.66 Å². The highest BCUT2D eigenvalue weighted by Gasteiger charge is 2.54. The molecule has 0 aliphatic rings. The number of aromatic nitrogens is 1. The van der Waals surface area contributed by atoms with Gasteiger partial charge in [0.1, 0.15) is 0 Å². The van der Waals surface area contributed by atoms with Crippen LogP contribution < -0.4 is 9.46 Å². The average Bonchev–Trinajstić information content (AvgIpc) is 2.35. The fourth-order valence-corrected chi connectivity index (χ4v) is 4.84. The first-order valence-corrected chi connectivity index (χ1v) is 10.1. The predicted octanol–water partition coefficient (Wildman–Crippen LogP) is 0.528. The van der Waals surface area contributed by atoms with Crippen molar-refractivity contribution in [2.45, 2.75) is 18.6 Å². The number of nitrogens with zero attached hydrogens (tertiary/aromatic N) is 1. The van der Waals surface area contributed by atoms with Gasteiger partial charge >= 0.3 is 0 Å². The van der Waals surface area contributed by atoms with Crippen LogP contribution in [0.5, 0.6) is 0 Å². The molecular weight excluding hydrogens is 328 g/mol. The number of aryl methyl sites for hydroxylation is 1. The van der Waals surface area contributed by atoms with Gasteiger partial charge in [0, 0.05) is 24.2 Å². The Morgan fingerprint density at radius 3 is 2.45 bits per heavy atom. The van der Waals surface area contributed by atoms with Gasteiger partial charge in [0.15, 0.2) is 20.3 Å². The van der Waals surface area contributed by atoms with Crippen LogP contribution in [-0.2, 0) is 15.7 Å². The Morgan fingerprint density at radius 1 is 1.27 bits per heavy atom. The monoisotopic (exact) mass is 345 g/mol. The first-order valence-electron chi connectivity index (χ1n) is 6.41. The highest BCUT2D eigenvalue weighted by molar-refractivity contribution is 7.74. The van der Waals surface area contributed by atoms with Crippen LogP contribution in [0.25, 0.3) is 10.9 Å². The lowest BCUT2D eigenvalue weighted by atomic mass is 10.1. The van der Waals surface area contributed by atoms with Gasteiger partial charge in [0.2, 0.25) is 12.9 Å². The minimum atomic E-state index is -5.49. The van der Waals surface area contributed by atoms with E-state index in [2.05, 4.69) is 0 Å². The summed E-state index contributed by atoms with van der Waals surface area (Å²) >= 11 is 0. The summed E-state index contributed by atoms with van der Waals surface area (Å²) in [6.45, 7) is 1.83. The lowest BCUT2D eigenvalue weighted by Gasteiger charge is -2.35. The molecule has 0 bridgehead atoms. The maximum Gasteiger partial charge on any atom is 0.263 e. The number of rotatable bonds is 4. The molecule has 9 heteroatoms. The molecule has 1 heterocycles. The third-order valence-corrected chi connectivity index (χ3v) is 7.92. The van der Waals surface area contributed by atoms with Crippen LogP contribution in [0.3, 0.4) is 0 Å². The Morgan fingerprint density at radius 2 is 1.91 bits per heavy atom. The summed E-state index contributed by atoms with van der Waals surface area (Å²) in [6, 6.07) is 8.75. The number of hydrogen-bond donors (Lipinski definition) is 3. The van der Waals surface area contributed by atoms with Crippen LogP contribution in [0.2, 0.25) is 0 Å². The van der Waals surface area contributed by atoms with Crippen LogP contribution in [-0.4, -0.2) is 26.6 Å². The highest BCUT2D eigenvalue weighted by atomic mass is 31.2. The Balaban J connectivity index is 2.62. The van der Waals surface area contributed by atoms with Crippen molar-refractivity contribution in [3.8, 4) is 0 Å². The molecule has 0 aliphatic heterocycles. The zero-order valence-corrected chi connectivity index (χ0v) is 13.9. The molecule has 120 valence electrons. The van der Waals surface area contributed by atoms with Gasteiger partial charge in [0.25, 0.3) is 5.08 Å². The Labute approximate surface area is 127 Å². The van der Waals surface area contributed by atoms with E-state index >= 15 is 0 Å². The molecule has 0 aliphatic carbocycles. The molecule has 2 aromatic rings. The van der Waals surface area contributed by atoms with E-state index in [0.29, 0.717) is 12.2 Å². The lowest BCUT2D eigenvalue weighted by Crippen LogP contribution is -2.49. The van der Waals surface area contributed by atoms with Gasteiger partial charge in [-0.1, -0.05) is 11.6 Å². The van der Waals surface area contributed by atoms with E-state index in [1.54, 1.807) is 24.3 Å². The van der Waals surface area contributed by atoms with Crippen molar-refractivity contribution in [3.05, 3.63) is 42.1 Å². The van der Waals surface area contributed by atoms with Gasteiger partial charge in [-0.25, -0.2) is 0 Å². The maximum absolute atomic E-state index is 11.8. The van der Waals surface area contributed by atoms with Gasteiger partial charge in [-0.15, -0.1) is 0 Å². The fraction of sp³-hybridized carbons (Fsp3) is 0.308. The molecule has 0 fully saturated rings. The molecule has 0 saturated carbocycles. The van der Waals surface area contributed by atoms with Crippen molar-refractivity contribution in [2.24, 2.45) is 0 Å². The molecule has 7 nitrogen and oxygen atoms in total. The van der Waals surface area contributed by atoms with Gasteiger partial charge in [-0.05, 0) is 19.1 Å². The lowest BCUT2D eigenvalue weighted by molar-refractivity contribution is -0.678. The molecule has 0 amide bonds. The standard InChI is InChI=1S/C13H17NO6P2/c1-10-5-6-12-11(8-10)4-3-7-14(12)9-13(15,21(2,16)17)22(18,19)20/h3-8,15H,9H2,1-2H3,(H2-,16,17,18,19,20). The topological polar surface area (TPSA) is 122 Å². The van der Waals surface area contributed by atoms with Crippen molar-refractivity contribution in [1.29, 1.82) is 0 Å². The van der Waals surface area contributed by atoms with Gasteiger partial charge < -0.3 is 24.4 Å². The van der Waals surface area contributed by atoms with E-state index in [4.69, 9.17) is 0 Å². The SMILES string of the molecule is Cc1ccc2c(ccc[n+]2CC(O)(P(C)(=O)O)P(=O)([O-])O)c1. The number of fused-ring (bicyclic) bond motifs is 1. The van der Waals surface area contributed by atoms with Gasteiger partial charge in [-0.2, -0.15) is 4.57 Å². The first-order chi connectivity index (χ1) is 9.96. The summed E-state index contributed by atoms with van der Waals surface area (Å²) in [6.07, 6.45) is 1.47. The summed E-state index contributed by atoms with van der Waals surface area (Å²) in [5.41, 5.74) is 1.55. The number of pyridine rings is 1. The number of benzene rings is 1. The smallest absolute Gasteiger partial charge is 0.263 e. The van der Waals surface area contributed by atoms with Crippen molar-refractivity contribution in [3.63, 3.8) is 0 Å². The second-order valence-corrected chi connectivity index (χ2v) is 10.0. The van der Waals surface area contributed by atoms with E-state index in [9.17, 15) is 28.9 Å². The van der Waals surface area contributed by atoms with E-state index < -0.39 is 26.6 Å². The second kappa shape index (κ2) is 5.53. The van der Waals surface area contributed by atoms with Crippen LogP contribution in [0.4, 0.5) is 0 Å². The minimum Gasteiger partial charge on any atom is -0.776 e. The third kappa shape index (κ3) is 3.01. The molecule has 0 saturated heterocycles. The van der Waals surface area contributed by atoms with Crippen LogP contribution >= 0.6 is 15.0 Å². The van der Waals surface area contributed by atoms with E-state index in [-0.39, 0.29) is 0 Å². The summed E-state index contributed by atoms with van der Waals surface area (Å²) in [5, 5.41) is 7.81.